The largest absolute Gasteiger partial charge is 0.491 e. The highest BCUT2D eigenvalue weighted by molar-refractivity contribution is 5.83. The van der Waals surface area contributed by atoms with E-state index in [0.717, 1.165) is 49.1 Å². The van der Waals surface area contributed by atoms with E-state index in [1.54, 1.807) is 17.0 Å². The number of rotatable bonds is 6. The highest BCUT2D eigenvalue weighted by Gasteiger charge is 2.39. The van der Waals surface area contributed by atoms with Gasteiger partial charge in [0.15, 0.2) is 0 Å². The summed E-state index contributed by atoms with van der Waals surface area (Å²) >= 11 is 0. The van der Waals surface area contributed by atoms with E-state index in [2.05, 4.69) is 16.9 Å². The maximum absolute atomic E-state index is 13.2. The first-order chi connectivity index (χ1) is 16.6. The standard InChI is InChI=1S/C27H31N3O4/c1-29-19-4-5-20(29)15-24(14-19)34-26-9-6-21(16-28-26)30-11-10-18-13-22(7-8-25(18)27(30)31)33-17-23-3-2-12-32-23/h6-11,13,16,19-20,23-24H,2-5,12,14-15,17H2,1H3/t19-,20+,23-,24?/m0/s1. The number of pyridine rings is 2. The summed E-state index contributed by atoms with van der Waals surface area (Å²) in [4.78, 5) is 20.2. The van der Waals surface area contributed by atoms with Crippen molar-refractivity contribution in [1.82, 2.24) is 14.5 Å². The molecule has 0 saturated carbocycles. The Bertz CT molecular complexity index is 1200. The first-order valence-corrected chi connectivity index (χ1v) is 12.4. The molecule has 0 amide bonds. The monoisotopic (exact) mass is 461 g/mol. The summed E-state index contributed by atoms with van der Waals surface area (Å²) in [6, 6.07) is 12.6. The second kappa shape index (κ2) is 9.04. The van der Waals surface area contributed by atoms with Crippen LogP contribution in [0.3, 0.4) is 0 Å². The van der Waals surface area contributed by atoms with E-state index in [1.165, 1.54) is 12.8 Å². The lowest BCUT2D eigenvalue weighted by Gasteiger charge is -2.36. The zero-order valence-electron chi connectivity index (χ0n) is 19.6. The van der Waals surface area contributed by atoms with E-state index in [1.807, 2.05) is 36.4 Å². The molecule has 7 nitrogen and oxygen atoms in total. The Hall–Kier alpha value is -2.90. The van der Waals surface area contributed by atoms with E-state index in [4.69, 9.17) is 14.2 Å². The smallest absolute Gasteiger partial charge is 0.263 e. The van der Waals surface area contributed by atoms with E-state index >= 15 is 0 Å². The van der Waals surface area contributed by atoms with E-state index in [0.29, 0.717) is 30.0 Å². The van der Waals surface area contributed by atoms with Crippen LogP contribution in [0.5, 0.6) is 11.6 Å². The minimum Gasteiger partial charge on any atom is -0.491 e. The molecule has 3 saturated heterocycles. The molecule has 3 fully saturated rings. The molecular weight excluding hydrogens is 430 g/mol. The number of fused-ring (bicyclic) bond motifs is 3. The van der Waals surface area contributed by atoms with Gasteiger partial charge in [0.25, 0.3) is 5.56 Å². The zero-order chi connectivity index (χ0) is 23.1. The Labute approximate surface area is 199 Å². The van der Waals surface area contributed by atoms with Crippen molar-refractivity contribution in [3.05, 3.63) is 59.1 Å². The summed E-state index contributed by atoms with van der Waals surface area (Å²) in [5.41, 5.74) is 0.645. The molecule has 2 aromatic heterocycles. The maximum atomic E-state index is 13.2. The highest BCUT2D eigenvalue weighted by atomic mass is 16.5. The van der Waals surface area contributed by atoms with Crippen LogP contribution in [0.1, 0.15) is 38.5 Å². The number of benzene rings is 1. The molecule has 1 unspecified atom stereocenters. The molecule has 7 heteroatoms. The number of aromatic nitrogens is 2. The first-order valence-electron chi connectivity index (χ1n) is 12.4. The second-order valence-electron chi connectivity index (χ2n) is 9.80. The fourth-order valence-electron chi connectivity index (χ4n) is 5.70. The van der Waals surface area contributed by atoms with Crippen molar-refractivity contribution in [2.75, 3.05) is 20.3 Å². The quantitative estimate of drug-likeness (QED) is 0.554. The summed E-state index contributed by atoms with van der Waals surface area (Å²) in [5.74, 6) is 1.38. The van der Waals surface area contributed by atoms with Gasteiger partial charge >= 0.3 is 0 Å². The maximum Gasteiger partial charge on any atom is 0.263 e. The molecule has 6 rings (SSSR count). The lowest BCUT2D eigenvalue weighted by atomic mass is 10.0. The molecule has 0 aliphatic carbocycles. The minimum atomic E-state index is -0.0782. The van der Waals surface area contributed by atoms with Crippen molar-refractivity contribution >= 4 is 10.8 Å². The van der Waals surface area contributed by atoms with Crippen LogP contribution in [0.15, 0.2) is 53.6 Å². The van der Waals surface area contributed by atoms with Crippen LogP contribution in [0.4, 0.5) is 0 Å². The van der Waals surface area contributed by atoms with Gasteiger partial charge < -0.3 is 19.1 Å². The summed E-state index contributed by atoms with van der Waals surface area (Å²) < 4.78 is 19.3. The molecule has 1 aromatic carbocycles. The summed E-state index contributed by atoms with van der Waals surface area (Å²) in [6.07, 6.45) is 10.7. The molecule has 34 heavy (non-hydrogen) atoms. The van der Waals surface area contributed by atoms with Crippen LogP contribution in [0, 0.1) is 0 Å². The number of hydrogen-bond acceptors (Lipinski definition) is 6. The van der Waals surface area contributed by atoms with E-state index in [9.17, 15) is 4.79 Å². The van der Waals surface area contributed by atoms with Crippen LogP contribution in [-0.2, 0) is 4.74 Å². The van der Waals surface area contributed by atoms with Crippen molar-refractivity contribution in [3.8, 4) is 17.3 Å². The summed E-state index contributed by atoms with van der Waals surface area (Å²) in [6.45, 7) is 1.36. The molecule has 5 heterocycles. The van der Waals surface area contributed by atoms with Gasteiger partial charge in [-0.1, -0.05) is 0 Å². The lowest BCUT2D eigenvalue weighted by Crippen LogP contribution is -2.43. The normalized spacial score (nSPS) is 26.7. The highest BCUT2D eigenvalue weighted by Crippen LogP contribution is 2.35. The zero-order valence-corrected chi connectivity index (χ0v) is 19.6. The SMILES string of the molecule is CN1[C@@H]2CC[C@H]1CC(Oc1ccc(-n3ccc4cc(OC[C@@H]5CCCO5)ccc4c3=O)cn1)C2. The Balaban J connectivity index is 1.16. The molecule has 3 aliphatic rings. The molecular formula is C27H31N3O4. The number of nitrogens with zero attached hydrogens (tertiary/aromatic N) is 3. The molecule has 3 aliphatic heterocycles. The minimum absolute atomic E-state index is 0.0782. The van der Waals surface area contributed by atoms with Gasteiger partial charge in [-0.05, 0) is 81.3 Å². The van der Waals surface area contributed by atoms with Gasteiger partial charge in [0, 0.05) is 36.3 Å². The first kappa shape index (κ1) is 21.6. The van der Waals surface area contributed by atoms with Crippen molar-refractivity contribution in [2.45, 2.75) is 62.8 Å². The number of ether oxygens (including phenoxy) is 3. The van der Waals surface area contributed by atoms with Gasteiger partial charge in [-0.25, -0.2) is 4.98 Å². The lowest BCUT2D eigenvalue weighted by molar-refractivity contribution is 0.0633. The van der Waals surface area contributed by atoms with Gasteiger partial charge in [-0.3, -0.25) is 9.36 Å². The van der Waals surface area contributed by atoms with Crippen molar-refractivity contribution in [1.29, 1.82) is 0 Å². The predicted molar refractivity (Wildman–Crippen MR) is 130 cm³/mol. The topological polar surface area (TPSA) is 65.8 Å². The third-order valence-electron chi connectivity index (χ3n) is 7.68. The Kier molecular flexibility index (Phi) is 5.75. The van der Waals surface area contributed by atoms with E-state index < -0.39 is 0 Å². The summed E-state index contributed by atoms with van der Waals surface area (Å²) in [7, 11) is 2.23. The molecule has 0 spiro atoms. The van der Waals surface area contributed by atoms with Crippen LogP contribution in [-0.4, -0.2) is 59.0 Å². The molecule has 2 bridgehead atoms. The van der Waals surface area contributed by atoms with Crippen molar-refractivity contribution in [2.24, 2.45) is 0 Å². The fraction of sp³-hybridized carbons (Fsp3) is 0.481. The van der Waals surface area contributed by atoms with Crippen LogP contribution >= 0.6 is 0 Å². The Morgan fingerprint density at radius 1 is 1.09 bits per heavy atom. The second-order valence-corrected chi connectivity index (χ2v) is 9.80. The Morgan fingerprint density at radius 3 is 2.68 bits per heavy atom. The van der Waals surface area contributed by atoms with Gasteiger partial charge in [0.05, 0.1) is 18.0 Å². The molecule has 0 N–H and O–H groups in total. The fourth-order valence-corrected chi connectivity index (χ4v) is 5.70. The number of piperidine rings is 1. The third kappa shape index (κ3) is 4.18. The summed E-state index contributed by atoms with van der Waals surface area (Å²) in [5, 5.41) is 1.50. The van der Waals surface area contributed by atoms with Crippen LogP contribution in [0.2, 0.25) is 0 Å². The molecule has 0 radical (unpaired) electrons. The average Bonchev–Trinajstić information content (AvgIpc) is 3.43. The average molecular weight is 462 g/mol. The van der Waals surface area contributed by atoms with Gasteiger partial charge in [-0.15, -0.1) is 0 Å². The molecule has 4 atom stereocenters. The van der Waals surface area contributed by atoms with E-state index in [-0.39, 0.29) is 17.8 Å². The third-order valence-corrected chi connectivity index (χ3v) is 7.68. The van der Waals surface area contributed by atoms with Gasteiger partial charge in [-0.2, -0.15) is 0 Å². The predicted octanol–water partition coefficient (Wildman–Crippen LogP) is 3.95. The van der Waals surface area contributed by atoms with Crippen LogP contribution in [0.25, 0.3) is 16.5 Å². The van der Waals surface area contributed by atoms with Gasteiger partial charge in [0.2, 0.25) is 5.88 Å². The Morgan fingerprint density at radius 2 is 1.94 bits per heavy atom. The van der Waals surface area contributed by atoms with Crippen molar-refractivity contribution in [3.63, 3.8) is 0 Å². The van der Waals surface area contributed by atoms with Gasteiger partial charge in [0.1, 0.15) is 18.5 Å². The van der Waals surface area contributed by atoms with Crippen LogP contribution < -0.4 is 15.0 Å². The number of hydrogen-bond donors (Lipinski definition) is 0. The van der Waals surface area contributed by atoms with Crippen molar-refractivity contribution < 1.29 is 14.2 Å². The molecule has 178 valence electrons. The molecule has 3 aromatic rings.